The average molecular weight is 892 g/mol. The molecule has 0 unspecified atom stereocenters. The summed E-state index contributed by atoms with van der Waals surface area (Å²) >= 11 is 0. The molecule has 6 aromatic rings. The fourth-order valence-corrected chi connectivity index (χ4v) is 4.40. The van der Waals surface area contributed by atoms with Gasteiger partial charge in [-0.1, -0.05) is 60.7 Å². The van der Waals surface area contributed by atoms with E-state index in [2.05, 4.69) is 30.4 Å². The maximum Gasteiger partial charge on any atom is 2.00 e. The predicted molar refractivity (Wildman–Crippen MR) is 206 cm³/mol. The minimum Gasteiger partial charge on any atom is -0.857 e. The molecule has 0 saturated heterocycles. The van der Waals surface area contributed by atoms with Crippen molar-refractivity contribution in [3.05, 3.63) is 175 Å². The molecule has 3 N–H and O–H groups in total. The van der Waals surface area contributed by atoms with E-state index >= 15 is 0 Å². The molecular weight excluding hydrogens is 860 g/mol. The Balaban J connectivity index is 0.000000888. The molecule has 21 heteroatoms. The Bertz CT molecular complexity index is 2180. The number of phenolic OH excluding ortho intramolecular Hbond substituents is 2. The van der Waals surface area contributed by atoms with Crippen LogP contribution < -0.4 is 10.2 Å². The van der Waals surface area contributed by atoms with E-state index in [1.54, 1.807) is 74.8 Å². The summed E-state index contributed by atoms with van der Waals surface area (Å²) in [7, 11) is 1.00. The predicted octanol–water partition coefficient (Wildman–Crippen LogP) is 4.07. The second-order valence-electron chi connectivity index (χ2n) is 10.5. The first-order valence-corrected chi connectivity index (χ1v) is 15.7. The van der Waals surface area contributed by atoms with Crippen LogP contribution in [-0.2, 0) is 34.1 Å². The molecule has 0 aliphatic rings. The maximum absolute atomic E-state index is 12.2. The summed E-state index contributed by atoms with van der Waals surface area (Å²) in [6.45, 7) is 3.44. The normalized spacial score (nSPS) is 10.9. The molecule has 19 nitrogen and oxygen atoms in total. The van der Waals surface area contributed by atoms with Crippen LogP contribution in [0, 0.1) is 30.6 Å². The summed E-state index contributed by atoms with van der Waals surface area (Å²) < 4.78 is 0. The number of aromatic hydroxyl groups is 2. The van der Waals surface area contributed by atoms with Crippen LogP contribution in [0.4, 0.5) is 0 Å². The Hall–Kier alpha value is -7.02. The molecule has 6 rings (SSSR count). The van der Waals surface area contributed by atoms with E-state index in [1.165, 1.54) is 0 Å². The van der Waals surface area contributed by atoms with Crippen LogP contribution in [0.15, 0.2) is 142 Å². The molecule has 0 bridgehead atoms. The molecule has 0 aliphatic carbocycles. The molecule has 0 amide bonds. The van der Waals surface area contributed by atoms with E-state index in [0.717, 1.165) is 28.7 Å². The van der Waals surface area contributed by atoms with Crippen LogP contribution in [0.1, 0.15) is 36.4 Å². The number of nitrogens with zero attached hydrogens (tertiary/aromatic N) is 8. The quantitative estimate of drug-likeness (QED) is 0.0699. The Morgan fingerprint density at radius 3 is 1.07 bits per heavy atom. The molecule has 2 aromatic heterocycles. The summed E-state index contributed by atoms with van der Waals surface area (Å²) in [4.78, 5) is 24.8. The van der Waals surface area contributed by atoms with Crippen molar-refractivity contribution in [1.82, 2.24) is 9.97 Å². The number of hydrogen-bond donors (Lipinski definition) is 3. The van der Waals surface area contributed by atoms with Crippen LogP contribution in [0.3, 0.4) is 0 Å². The molecule has 0 spiro atoms. The van der Waals surface area contributed by atoms with E-state index in [0.29, 0.717) is 22.8 Å². The van der Waals surface area contributed by atoms with E-state index in [9.17, 15) is 20.4 Å². The Labute approximate surface area is 350 Å². The molecule has 308 valence electrons. The minimum atomic E-state index is -1.75. The topological polar surface area (TPSA) is 314 Å². The van der Waals surface area contributed by atoms with E-state index < -0.39 is 22.0 Å². The van der Waals surface area contributed by atoms with Gasteiger partial charge in [0.1, 0.15) is 11.5 Å². The second kappa shape index (κ2) is 26.7. The Morgan fingerprint density at radius 1 is 0.517 bits per heavy atom. The van der Waals surface area contributed by atoms with Crippen molar-refractivity contribution >= 4 is 44.8 Å². The molecule has 0 atom stereocenters. The van der Waals surface area contributed by atoms with Crippen molar-refractivity contribution in [1.29, 1.82) is 0 Å². The number of phenols is 2. The van der Waals surface area contributed by atoms with E-state index in [-0.39, 0.29) is 56.8 Å². The van der Waals surface area contributed by atoms with Gasteiger partial charge in [-0.15, -0.1) is 0 Å². The van der Waals surface area contributed by atoms with Crippen molar-refractivity contribution in [2.75, 3.05) is 7.11 Å². The summed E-state index contributed by atoms with van der Waals surface area (Å²) in [6.07, 6.45) is 3.29. The molecular formula is C37H32Cu2N8O11. The summed E-state index contributed by atoms with van der Waals surface area (Å²) in [6, 6.07) is 32.1. The summed E-state index contributed by atoms with van der Waals surface area (Å²) in [5.74, 6) is -1.40. The number of fused-ring (bicyclic) bond motifs is 2. The van der Waals surface area contributed by atoms with Crippen LogP contribution in [0.25, 0.3) is 21.5 Å². The minimum absolute atomic E-state index is 0. The maximum atomic E-state index is 12.2. The molecule has 2 heterocycles. The first kappa shape index (κ1) is 51.0. The number of pyridine rings is 2. The van der Waals surface area contributed by atoms with Crippen molar-refractivity contribution in [3.8, 4) is 11.5 Å². The fourth-order valence-electron chi connectivity index (χ4n) is 4.40. The summed E-state index contributed by atoms with van der Waals surface area (Å²) in [5, 5.41) is 99.5. The van der Waals surface area contributed by atoms with Crippen LogP contribution in [-0.4, -0.2) is 65.8 Å². The number of hydrogen-bond acceptors (Lipinski definition) is 17. The van der Waals surface area contributed by atoms with E-state index in [4.69, 9.17) is 35.7 Å². The van der Waals surface area contributed by atoms with Gasteiger partial charge in [0.2, 0.25) is 0 Å². The zero-order valence-electron chi connectivity index (χ0n) is 30.3. The number of aliphatic hydroxyl groups excluding tert-OH is 1. The zero-order chi connectivity index (χ0) is 41.6. The fraction of sp³-hybridized carbons (Fsp3) is 0.0811. The average Bonchev–Trinajstić information content (AvgIpc) is 3.19. The monoisotopic (exact) mass is 890 g/mol. The third kappa shape index (κ3) is 17.2. The first-order valence-electron chi connectivity index (χ1n) is 15.7. The largest absolute Gasteiger partial charge is 2.00 e. The van der Waals surface area contributed by atoms with Crippen LogP contribution >= 0.6 is 0 Å². The summed E-state index contributed by atoms with van der Waals surface area (Å²) in [5.41, 5.74) is 2.60. The van der Waals surface area contributed by atoms with Gasteiger partial charge in [0, 0.05) is 42.4 Å². The molecule has 0 saturated carbocycles. The molecule has 0 aliphatic heterocycles. The van der Waals surface area contributed by atoms with Gasteiger partial charge in [-0.25, -0.2) is 0 Å². The number of benzene rings is 4. The Morgan fingerprint density at radius 2 is 0.793 bits per heavy atom. The van der Waals surface area contributed by atoms with Gasteiger partial charge < -0.3 is 56.2 Å². The molecule has 0 fully saturated rings. The van der Waals surface area contributed by atoms with Gasteiger partial charge in [-0.05, 0) is 83.9 Å². The van der Waals surface area contributed by atoms with Gasteiger partial charge in [0.05, 0.1) is 33.0 Å². The van der Waals surface area contributed by atoms with E-state index in [1.807, 2.05) is 60.7 Å². The van der Waals surface area contributed by atoms with Gasteiger partial charge >= 0.3 is 34.1 Å². The molecule has 2 radical (unpaired) electrons. The SMILES string of the molecule is C/C(=N\N=C(/[O-])c1cc2ccccc2cc1O)c1ccccn1.C/C(=N\N=C(/[O-])c1cc2ccccc2cc1O)c1ccccn1.CO.O=[N+]([O-])[O-].O=[N+]([O-])[O-].[Cu+2].[Cu+2]. The first-order chi connectivity index (χ1) is 26.8. The third-order valence-corrected chi connectivity index (χ3v) is 6.84. The number of rotatable bonds is 6. The Kier molecular flexibility index (Phi) is 23.5. The van der Waals surface area contributed by atoms with Gasteiger partial charge in [0.25, 0.3) is 0 Å². The number of aromatic nitrogens is 2. The van der Waals surface area contributed by atoms with Gasteiger partial charge in [-0.2, -0.15) is 20.4 Å². The van der Waals surface area contributed by atoms with Gasteiger partial charge in [0.15, 0.2) is 0 Å². The standard InChI is InChI=1S/2C18H15N3O2.CH4O.2Cu.2NO3/c2*1-12(16-8-4-5-9-19-16)20-21-18(23)15-10-13-6-2-3-7-14(13)11-17(15)22;1-2;;;2*2-1(3)4/h2*2-11,22H,1H3,(H,21,23);2H,1H3;;;;/q;;;2*+2;2*-1/p-2/b2*20-12+;;;;;. The van der Waals surface area contributed by atoms with Crippen LogP contribution in [0.5, 0.6) is 11.5 Å². The van der Waals surface area contributed by atoms with Crippen molar-refractivity contribution in [2.45, 2.75) is 13.8 Å². The van der Waals surface area contributed by atoms with Crippen molar-refractivity contribution in [3.63, 3.8) is 0 Å². The van der Waals surface area contributed by atoms with Crippen LogP contribution in [0.2, 0.25) is 0 Å². The molecule has 4 aromatic carbocycles. The zero-order valence-corrected chi connectivity index (χ0v) is 32.2. The second-order valence-corrected chi connectivity index (χ2v) is 10.5. The van der Waals surface area contributed by atoms with Crippen molar-refractivity contribution in [2.24, 2.45) is 20.4 Å². The number of aliphatic hydroxyl groups is 1. The molecule has 58 heavy (non-hydrogen) atoms. The third-order valence-electron chi connectivity index (χ3n) is 6.84. The van der Waals surface area contributed by atoms with Crippen molar-refractivity contribution < 1.29 is 69.8 Å². The van der Waals surface area contributed by atoms with Gasteiger partial charge in [-0.3, -0.25) is 9.97 Å². The smallest absolute Gasteiger partial charge is 0.857 e.